The van der Waals surface area contributed by atoms with Crippen LogP contribution in [0.5, 0.6) is 0 Å². The zero-order valence-electron chi connectivity index (χ0n) is 10.5. The summed E-state index contributed by atoms with van der Waals surface area (Å²) in [7, 11) is -3.43. The Hall–Kier alpha value is -0.620. The molecule has 0 aromatic carbocycles. The van der Waals surface area contributed by atoms with Gasteiger partial charge in [0.1, 0.15) is 0 Å². The van der Waals surface area contributed by atoms with Gasteiger partial charge in [-0.3, -0.25) is 4.79 Å². The van der Waals surface area contributed by atoms with Gasteiger partial charge in [0.15, 0.2) is 0 Å². The minimum atomic E-state index is -3.43. The standard InChI is InChI=1S/C12H21NO4S/c14-12(15)10-6-5-7-11(10)18(16,17)13-8-3-1-2-4-9-13/h10-11H,1-9H2,(H,14,15). The van der Waals surface area contributed by atoms with E-state index >= 15 is 0 Å². The minimum Gasteiger partial charge on any atom is -0.481 e. The van der Waals surface area contributed by atoms with E-state index in [0.717, 1.165) is 25.7 Å². The van der Waals surface area contributed by atoms with Crippen molar-refractivity contribution in [2.24, 2.45) is 5.92 Å². The van der Waals surface area contributed by atoms with E-state index in [1.807, 2.05) is 0 Å². The summed E-state index contributed by atoms with van der Waals surface area (Å²) < 4.78 is 26.6. The smallest absolute Gasteiger partial charge is 0.307 e. The van der Waals surface area contributed by atoms with Crippen LogP contribution in [0.1, 0.15) is 44.9 Å². The second kappa shape index (κ2) is 5.57. The predicted octanol–water partition coefficient (Wildman–Crippen LogP) is 1.45. The Morgan fingerprint density at radius 1 is 1.00 bits per heavy atom. The largest absolute Gasteiger partial charge is 0.481 e. The maximum Gasteiger partial charge on any atom is 0.307 e. The van der Waals surface area contributed by atoms with Gasteiger partial charge in [-0.05, 0) is 25.7 Å². The molecule has 0 amide bonds. The van der Waals surface area contributed by atoms with E-state index in [4.69, 9.17) is 5.11 Å². The van der Waals surface area contributed by atoms with Crippen molar-refractivity contribution in [1.29, 1.82) is 0 Å². The Balaban J connectivity index is 2.16. The second-order valence-corrected chi connectivity index (χ2v) is 7.42. The van der Waals surface area contributed by atoms with E-state index in [2.05, 4.69) is 0 Å². The molecule has 18 heavy (non-hydrogen) atoms. The van der Waals surface area contributed by atoms with Crippen LogP contribution < -0.4 is 0 Å². The molecule has 1 heterocycles. The summed E-state index contributed by atoms with van der Waals surface area (Å²) in [5, 5.41) is 8.42. The molecule has 2 atom stereocenters. The van der Waals surface area contributed by atoms with Gasteiger partial charge in [-0.1, -0.05) is 19.3 Å². The van der Waals surface area contributed by atoms with Gasteiger partial charge in [-0.2, -0.15) is 0 Å². The molecule has 0 bridgehead atoms. The van der Waals surface area contributed by atoms with Crippen LogP contribution in [-0.2, 0) is 14.8 Å². The molecule has 2 aliphatic rings. The average Bonchev–Trinajstić information content (AvgIpc) is 2.65. The van der Waals surface area contributed by atoms with Crippen molar-refractivity contribution < 1.29 is 18.3 Å². The number of nitrogens with zero attached hydrogens (tertiary/aromatic N) is 1. The summed E-state index contributed by atoms with van der Waals surface area (Å²) in [6.07, 6.45) is 5.61. The highest BCUT2D eigenvalue weighted by atomic mass is 32.2. The van der Waals surface area contributed by atoms with Crippen LogP contribution in [0.4, 0.5) is 0 Å². The van der Waals surface area contributed by atoms with Crippen molar-refractivity contribution in [2.45, 2.75) is 50.2 Å². The third-order valence-corrected chi connectivity index (χ3v) is 6.49. The van der Waals surface area contributed by atoms with Crippen LogP contribution in [0.3, 0.4) is 0 Å². The van der Waals surface area contributed by atoms with Crippen molar-refractivity contribution in [3.8, 4) is 0 Å². The second-order valence-electron chi connectivity index (χ2n) is 5.27. The van der Waals surface area contributed by atoms with Crippen molar-refractivity contribution in [2.75, 3.05) is 13.1 Å². The van der Waals surface area contributed by atoms with Crippen LogP contribution in [0.25, 0.3) is 0 Å². The van der Waals surface area contributed by atoms with Crippen molar-refractivity contribution in [3.05, 3.63) is 0 Å². The number of hydrogen-bond donors (Lipinski definition) is 1. The first-order valence-corrected chi connectivity index (χ1v) is 8.25. The lowest BCUT2D eigenvalue weighted by molar-refractivity contribution is -0.141. The number of rotatable bonds is 3. The number of hydrogen-bond acceptors (Lipinski definition) is 3. The van der Waals surface area contributed by atoms with E-state index in [-0.39, 0.29) is 0 Å². The average molecular weight is 275 g/mol. The zero-order valence-corrected chi connectivity index (χ0v) is 11.4. The fraction of sp³-hybridized carbons (Fsp3) is 0.917. The molecule has 1 saturated carbocycles. The van der Waals surface area contributed by atoms with Gasteiger partial charge in [0.25, 0.3) is 0 Å². The highest BCUT2D eigenvalue weighted by molar-refractivity contribution is 7.89. The zero-order chi connectivity index (χ0) is 13.2. The maximum absolute atomic E-state index is 12.5. The van der Waals surface area contributed by atoms with Crippen LogP contribution in [0.15, 0.2) is 0 Å². The third kappa shape index (κ3) is 2.69. The molecule has 1 N–H and O–H groups in total. The van der Waals surface area contributed by atoms with Gasteiger partial charge in [0.2, 0.25) is 10.0 Å². The highest BCUT2D eigenvalue weighted by Gasteiger charge is 2.44. The van der Waals surface area contributed by atoms with Crippen molar-refractivity contribution >= 4 is 16.0 Å². The summed E-state index contributed by atoms with van der Waals surface area (Å²) in [5.74, 6) is -1.67. The van der Waals surface area contributed by atoms with Crippen molar-refractivity contribution in [3.63, 3.8) is 0 Å². The molecule has 0 spiro atoms. The SMILES string of the molecule is O=C(O)C1CCCC1S(=O)(=O)N1CCCCCC1. The lowest BCUT2D eigenvalue weighted by Gasteiger charge is -2.26. The van der Waals surface area contributed by atoms with Gasteiger partial charge in [0, 0.05) is 13.1 Å². The van der Waals surface area contributed by atoms with Crippen LogP contribution >= 0.6 is 0 Å². The summed E-state index contributed by atoms with van der Waals surface area (Å²) in [6, 6.07) is 0. The molecular weight excluding hydrogens is 254 g/mol. The van der Waals surface area contributed by atoms with Gasteiger partial charge in [0.05, 0.1) is 11.2 Å². The summed E-state index contributed by atoms with van der Waals surface area (Å²) in [6.45, 7) is 1.12. The van der Waals surface area contributed by atoms with E-state index < -0.39 is 27.2 Å². The topological polar surface area (TPSA) is 74.7 Å². The minimum absolute atomic E-state index is 0.493. The van der Waals surface area contributed by atoms with Gasteiger partial charge in [-0.25, -0.2) is 12.7 Å². The van der Waals surface area contributed by atoms with E-state index in [9.17, 15) is 13.2 Å². The molecule has 104 valence electrons. The molecular formula is C12H21NO4S. The van der Waals surface area contributed by atoms with E-state index in [0.29, 0.717) is 32.4 Å². The Kier molecular flexibility index (Phi) is 4.27. The Labute approximate surface area is 108 Å². The number of sulfonamides is 1. The molecule has 0 aromatic heterocycles. The van der Waals surface area contributed by atoms with Crippen LogP contribution in [-0.4, -0.2) is 42.1 Å². The van der Waals surface area contributed by atoms with E-state index in [1.165, 1.54) is 4.31 Å². The first-order chi connectivity index (χ1) is 8.53. The highest BCUT2D eigenvalue weighted by Crippen LogP contribution is 2.33. The molecule has 2 unspecified atom stereocenters. The molecule has 2 rings (SSSR count). The van der Waals surface area contributed by atoms with Gasteiger partial charge in [-0.15, -0.1) is 0 Å². The van der Waals surface area contributed by atoms with Crippen LogP contribution in [0, 0.1) is 5.92 Å². The Morgan fingerprint density at radius 2 is 1.61 bits per heavy atom. The molecule has 1 aliphatic heterocycles. The fourth-order valence-corrected chi connectivity index (χ4v) is 5.33. The van der Waals surface area contributed by atoms with E-state index in [1.54, 1.807) is 0 Å². The first kappa shape index (κ1) is 13.8. The molecule has 1 saturated heterocycles. The Bertz CT molecular complexity index is 398. The molecule has 6 heteroatoms. The Morgan fingerprint density at radius 3 is 2.17 bits per heavy atom. The maximum atomic E-state index is 12.5. The normalized spacial score (nSPS) is 31.1. The number of carboxylic acids is 1. The van der Waals surface area contributed by atoms with Crippen LogP contribution in [0.2, 0.25) is 0 Å². The monoisotopic (exact) mass is 275 g/mol. The predicted molar refractivity (Wildman–Crippen MR) is 67.7 cm³/mol. The fourth-order valence-electron chi connectivity index (χ4n) is 3.05. The van der Waals surface area contributed by atoms with Gasteiger partial charge >= 0.3 is 5.97 Å². The number of aliphatic carboxylic acids is 1. The summed E-state index contributed by atoms with van der Waals surface area (Å²) in [5.41, 5.74) is 0. The third-order valence-electron chi connectivity index (χ3n) is 4.08. The molecule has 2 fully saturated rings. The molecule has 0 aromatic rings. The molecule has 0 radical (unpaired) electrons. The van der Waals surface area contributed by atoms with Gasteiger partial charge < -0.3 is 5.11 Å². The van der Waals surface area contributed by atoms with Crippen molar-refractivity contribution in [1.82, 2.24) is 4.31 Å². The quantitative estimate of drug-likeness (QED) is 0.846. The summed E-state index contributed by atoms with van der Waals surface area (Å²) >= 11 is 0. The lowest BCUT2D eigenvalue weighted by Crippen LogP contribution is -2.42. The lowest BCUT2D eigenvalue weighted by atomic mass is 10.1. The molecule has 5 nitrogen and oxygen atoms in total. The number of carboxylic acid groups (broad SMARTS) is 1. The molecule has 1 aliphatic carbocycles. The number of carbonyl (C=O) groups is 1. The summed E-state index contributed by atoms with van der Waals surface area (Å²) in [4.78, 5) is 11.1. The first-order valence-electron chi connectivity index (χ1n) is 6.75.